The summed E-state index contributed by atoms with van der Waals surface area (Å²) in [4.78, 5) is 17.7. The Hall–Kier alpha value is -2.76. The van der Waals surface area contributed by atoms with Gasteiger partial charge in [-0.25, -0.2) is 21.1 Å². The predicted octanol–water partition coefficient (Wildman–Crippen LogP) is 1.85. The van der Waals surface area contributed by atoms with E-state index in [4.69, 9.17) is 0 Å². The smallest absolute Gasteiger partial charge is 0.263 e. The quantitative estimate of drug-likeness (QED) is 0.553. The minimum atomic E-state index is -3.72. The summed E-state index contributed by atoms with van der Waals surface area (Å²) in [6, 6.07) is 12.1. The van der Waals surface area contributed by atoms with E-state index >= 15 is 0 Å². The Morgan fingerprint density at radius 2 is 1.79 bits per heavy atom. The average molecular weight is 493 g/mol. The summed E-state index contributed by atoms with van der Waals surface area (Å²) in [5.74, 6) is -0.269. The van der Waals surface area contributed by atoms with Gasteiger partial charge in [0.1, 0.15) is 11.9 Å². The molecule has 2 N–H and O–H groups in total. The maximum absolute atomic E-state index is 13.0. The summed E-state index contributed by atoms with van der Waals surface area (Å²) in [7, 11) is -4.50. The lowest BCUT2D eigenvalue weighted by Crippen LogP contribution is -2.36. The van der Waals surface area contributed by atoms with Gasteiger partial charge in [-0.2, -0.15) is 0 Å². The molecule has 1 amide bonds. The first kappa shape index (κ1) is 24.9. The van der Waals surface area contributed by atoms with Crippen molar-refractivity contribution >= 4 is 31.8 Å². The average Bonchev–Trinajstić information content (AvgIpc) is 3.05. The van der Waals surface area contributed by atoms with Crippen LogP contribution in [0, 0.1) is 0 Å². The van der Waals surface area contributed by atoms with Crippen LogP contribution < -0.4 is 10.0 Å². The third kappa shape index (κ3) is 5.43. The molecule has 1 aliphatic rings. The minimum Gasteiger partial charge on any atom is -0.350 e. The van der Waals surface area contributed by atoms with Crippen LogP contribution in [0.4, 0.5) is 0 Å². The van der Waals surface area contributed by atoms with Crippen molar-refractivity contribution in [3.63, 3.8) is 0 Å². The second-order valence-corrected chi connectivity index (χ2v) is 11.6. The van der Waals surface area contributed by atoms with Gasteiger partial charge in [-0.1, -0.05) is 50.1 Å². The van der Waals surface area contributed by atoms with E-state index in [0.29, 0.717) is 17.5 Å². The van der Waals surface area contributed by atoms with Gasteiger partial charge in [0.2, 0.25) is 15.9 Å². The Balaban J connectivity index is 1.85. The number of hydrogen-bond donors (Lipinski definition) is 2. The van der Waals surface area contributed by atoms with Crippen molar-refractivity contribution in [2.75, 3.05) is 14.1 Å². The highest BCUT2D eigenvalue weighted by atomic mass is 32.2. The summed E-state index contributed by atoms with van der Waals surface area (Å²) in [5, 5.41) is 2.77. The van der Waals surface area contributed by atoms with Gasteiger partial charge in [-0.05, 0) is 30.2 Å². The number of sulfonamides is 2. The Labute approximate surface area is 195 Å². The van der Waals surface area contributed by atoms with Crippen LogP contribution in [0.1, 0.15) is 37.3 Å². The highest BCUT2D eigenvalue weighted by Crippen LogP contribution is 2.23. The SMILES string of the molecule is CCCCC(N=C1NS(=O)(=O)c2ccccc21)C(=O)NCc1ccccc1S(=O)(=O)N(C)C. The molecule has 9 nitrogen and oxygen atoms in total. The van der Waals surface area contributed by atoms with Gasteiger partial charge in [-0.15, -0.1) is 0 Å². The van der Waals surface area contributed by atoms with Crippen molar-refractivity contribution in [1.82, 2.24) is 14.3 Å². The molecule has 11 heteroatoms. The Kier molecular flexibility index (Phi) is 7.55. The number of unbranched alkanes of at least 4 members (excludes halogenated alkanes) is 1. The van der Waals surface area contributed by atoms with Crippen LogP contribution in [0.15, 0.2) is 63.3 Å². The van der Waals surface area contributed by atoms with Crippen LogP contribution in [0.5, 0.6) is 0 Å². The van der Waals surface area contributed by atoms with Gasteiger partial charge < -0.3 is 5.32 Å². The molecule has 1 heterocycles. The van der Waals surface area contributed by atoms with Crippen molar-refractivity contribution < 1.29 is 21.6 Å². The molecule has 0 fully saturated rings. The number of benzene rings is 2. The molecule has 0 saturated carbocycles. The van der Waals surface area contributed by atoms with Gasteiger partial charge in [-0.3, -0.25) is 14.5 Å². The fraction of sp³-hybridized carbons (Fsp3) is 0.364. The van der Waals surface area contributed by atoms with Crippen molar-refractivity contribution in [3.05, 3.63) is 59.7 Å². The van der Waals surface area contributed by atoms with E-state index in [-0.39, 0.29) is 22.2 Å². The van der Waals surface area contributed by atoms with Gasteiger partial charge in [0, 0.05) is 26.2 Å². The topological polar surface area (TPSA) is 125 Å². The summed E-state index contributed by atoms with van der Waals surface area (Å²) >= 11 is 0. The van der Waals surface area contributed by atoms with Crippen molar-refractivity contribution in [3.8, 4) is 0 Å². The lowest BCUT2D eigenvalue weighted by molar-refractivity contribution is -0.122. The number of amidine groups is 1. The molecular formula is C22H28N4O5S2. The van der Waals surface area contributed by atoms with Crippen LogP contribution in [-0.2, 0) is 31.4 Å². The molecule has 3 rings (SSSR count). The van der Waals surface area contributed by atoms with E-state index in [2.05, 4.69) is 15.0 Å². The molecule has 1 atom stereocenters. The summed E-state index contributed by atoms with van der Waals surface area (Å²) < 4.78 is 53.5. The van der Waals surface area contributed by atoms with Gasteiger partial charge in [0.05, 0.1) is 9.79 Å². The van der Waals surface area contributed by atoms with Crippen molar-refractivity contribution in [1.29, 1.82) is 0 Å². The lowest BCUT2D eigenvalue weighted by atomic mass is 10.1. The van der Waals surface area contributed by atoms with Crippen LogP contribution in [0.2, 0.25) is 0 Å². The fourth-order valence-corrected chi connectivity index (χ4v) is 5.79. The highest BCUT2D eigenvalue weighted by Gasteiger charge is 2.32. The molecule has 1 aliphatic heterocycles. The minimum absolute atomic E-state index is 0.00211. The number of fused-ring (bicyclic) bond motifs is 1. The molecule has 2 aromatic carbocycles. The van der Waals surface area contributed by atoms with Crippen LogP contribution in [0.3, 0.4) is 0 Å². The number of hydrogen-bond acceptors (Lipinski definition) is 6. The number of amides is 1. The maximum atomic E-state index is 13.0. The first-order chi connectivity index (χ1) is 15.6. The number of carbonyl (C=O) groups excluding carboxylic acids is 1. The zero-order valence-electron chi connectivity index (χ0n) is 18.8. The Morgan fingerprint density at radius 1 is 1.12 bits per heavy atom. The Morgan fingerprint density at radius 3 is 2.48 bits per heavy atom. The monoisotopic (exact) mass is 492 g/mol. The van der Waals surface area contributed by atoms with Crippen LogP contribution >= 0.6 is 0 Å². The third-order valence-corrected chi connectivity index (χ3v) is 8.58. The van der Waals surface area contributed by atoms with E-state index in [9.17, 15) is 21.6 Å². The van der Waals surface area contributed by atoms with E-state index < -0.39 is 32.0 Å². The second kappa shape index (κ2) is 10.0. The Bertz CT molecular complexity index is 1270. The van der Waals surface area contributed by atoms with E-state index in [1.165, 1.54) is 26.2 Å². The van der Waals surface area contributed by atoms with Gasteiger partial charge >= 0.3 is 0 Å². The van der Waals surface area contributed by atoms with Gasteiger partial charge in [0.15, 0.2) is 0 Å². The molecule has 0 aliphatic carbocycles. The molecule has 0 bridgehead atoms. The predicted molar refractivity (Wildman–Crippen MR) is 126 cm³/mol. The van der Waals surface area contributed by atoms with E-state index in [1.807, 2.05) is 6.92 Å². The molecular weight excluding hydrogens is 464 g/mol. The first-order valence-corrected chi connectivity index (χ1v) is 13.5. The van der Waals surface area contributed by atoms with Crippen LogP contribution in [0.25, 0.3) is 0 Å². The van der Waals surface area contributed by atoms with E-state index in [1.54, 1.807) is 36.4 Å². The first-order valence-electron chi connectivity index (χ1n) is 10.6. The zero-order valence-corrected chi connectivity index (χ0v) is 20.4. The van der Waals surface area contributed by atoms with Crippen molar-refractivity contribution in [2.24, 2.45) is 4.99 Å². The molecule has 178 valence electrons. The van der Waals surface area contributed by atoms with Gasteiger partial charge in [0.25, 0.3) is 10.0 Å². The van der Waals surface area contributed by atoms with E-state index in [0.717, 1.165) is 17.1 Å². The molecule has 33 heavy (non-hydrogen) atoms. The zero-order chi connectivity index (χ0) is 24.2. The molecule has 2 aromatic rings. The summed E-state index contributed by atoms with van der Waals surface area (Å²) in [6.45, 7) is 1.98. The number of nitrogens with zero attached hydrogens (tertiary/aromatic N) is 2. The number of rotatable bonds is 9. The fourth-order valence-electron chi connectivity index (χ4n) is 3.44. The second-order valence-electron chi connectivity index (χ2n) is 7.85. The number of nitrogens with one attached hydrogen (secondary N) is 2. The molecule has 0 spiro atoms. The number of aliphatic imine (C=N–C) groups is 1. The normalized spacial score (nSPS) is 16.9. The molecule has 0 radical (unpaired) electrons. The largest absolute Gasteiger partial charge is 0.350 e. The highest BCUT2D eigenvalue weighted by molar-refractivity contribution is 7.90. The maximum Gasteiger partial charge on any atom is 0.263 e. The molecule has 1 unspecified atom stereocenters. The molecule has 0 aromatic heterocycles. The third-order valence-electron chi connectivity index (χ3n) is 5.27. The van der Waals surface area contributed by atoms with Crippen molar-refractivity contribution in [2.45, 2.75) is 48.6 Å². The van der Waals surface area contributed by atoms with Crippen LogP contribution in [-0.4, -0.2) is 53.0 Å². The molecule has 0 saturated heterocycles. The standard InChI is InChI=1S/C22H28N4O5S2/c1-4-5-12-18(24-21-17-11-7-9-14-20(17)32(28,29)25-21)22(27)23-15-16-10-6-8-13-19(16)33(30,31)26(2)3/h6-11,13-14,18H,4-5,12,15H2,1-3H3,(H,23,27)(H,24,25). The number of carbonyl (C=O) groups is 1. The lowest BCUT2D eigenvalue weighted by Gasteiger charge is -2.17. The summed E-state index contributed by atoms with van der Waals surface area (Å²) in [5.41, 5.74) is 0.877. The summed E-state index contributed by atoms with van der Waals surface area (Å²) in [6.07, 6.45) is 1.98.